The molecule has 2 saturated heterocycles. The number of hydrogen-bond donors (Lipinski definition) is 1. The van der Waals surface area contributed by atoms with Gasteiger partial charge in [0.25, 0.3) is 0 Å². The van der Waals surface area contributed by atoms with Crippen LogP contribution in [0.2, 0.25) is 0 Å². The highest BCUT2D eigenvalue weighted by atomic mass is 32.2. The summed E-state index contributed by atoms with van der Waals surface area (Å²) in [5, 5.41) is 11.4. The molecule has 104 valence electrons. The first-order chi connectivity index (χ1) is 9.12. The molecule has 3 rings (SSSR count). The van der Waals surface area contributed by atoms with Crippen molar-refractivity contribution in [2.24, 2.45) is 0 Å². The van der Waals surface area contributed by atoms with Gasteiger partial charge in [-0.05, 0) is 43.2 Å². The van der Waals surface area contributed by atoms with Crippen LogP contribution in [-0.2, 0) is 22.8 Å². The van der Waals surface area contributed by atoms with Gasteiger partial charge >= 0.3 is 0 Å². The summed E-state index contributed by atoms with van der Waals surface area (Å²) >= 11 is 0. The van der Waals surface area contributed by atoms with Crippen LogP contribution >= 0.6 is 0 Å². The van der Waals surface area contributed by atoms with Crippen LogP contribution in [0.3, 0.4) is 0 Å². The van der Waals surface area contributed by atoms with Gasteiger partial charge in [-0.25, -0.2) is 0 Å². The van der Waals surface area contributed by atoms with Gasteiger partial charge in [-0.3, -0.25) is 4.21 Å². The van der Waals surface area contributed by atoms with Crippen molar-refractivity contribution < 1.29 is 9.32 Å². The monoisotopic (exact) mass is 278 g/mol. The van der Waals surface area contributed by atoms with Crippen molar-refractivity contribution in [3.63, 3.8) is 0 Å². The van der Waals surface area contributed by atoms with Crippen LogP contribution in [0.1, 0.15) is 50.2 Å². The third-order valence-corrected chi connectivity index (χ3v) is 6.86. The molecule has 1 aromatic rings. The van der Waals surface area contributed by atoms with E-state index in [1.54, 1.807) is 0 Å². The van der Waals surface area contributed by atoms with Gasteiger partial charge in [0.2, 0.25) is 0 Å². The summed E-state index contributed by atoms with van der Waals surface area (Å²) in [4.78, 5) is 0. The summed E-state index contributed by atoms with van der Waals surface area (Å²) in [6.07, 6.45) is 5.56. The molecule has 2 heterocycles. The molecule has 2 fully saturated rings. The Morgan fingerprint density at radius 2 is 1.79 bits per heavy atom. The number of hydrogen-bond acceptors (Lipinski definition) is 2. The third-order valence-electron chi connectivity index (χ3n) is 4.74. The van der Waals surface area contributed by atoms with E-state index in [1.807, 2.05) is 0 Å². The molecule has 0 aromatic heterocycles. The molecule has 3 heteroatoms. The average Bonchev–Trinajstić information content (AvgIpc) is 2.41. The molecule has 1 aromatic carbocycles. The fourth-order valence-corrected chi connectivity index (χ4v) is 5.79. The molecular weight excluding hydrogens is 256 g/mol. The molecular formula is C16H22O2S. The van der Waals surface area contributed by atoms with Gasteiger partial charge in [0, 0.05) is 21.3 Å². The second kappa shape index (κ2) is 5.02. The number of benzene rings is 1. The lowest BCUT2D eigenvalue weighted by molar-refractivity contribution is 0.00653. The standard InChI is InChI=1S/C16H22O2S/c1-2-12-6-8-13(9-7-12)16(17)10-14-4-3-5-15(11-16)19(14)18/h6-9,14-15,17H,2-5,10-11H2,1H3. The van der Waals surface area contributed by atoms with Gasteiger partial charge in [0.15, 0.2) is 0 Å². The molecule has 2 bridgehead atoms. The molecule has 0 radical (unpaired) electrons. The van der Waals surface area contributed by atoms with E-state index in [-0.39, 0.29) is 10.5 Å². The fraction of sp³-hybridized carbons (Fsp3) is 0.625. The Hall–Kier alpha value is -0.670. The first kappa shape index (κ1) is 13.3. The molecule has 2 unspecified atom stereocenters. The van der Waals surface area contributed by atoms with Gasteiger partial charge in [0.05, 0.1) is 5.60 Å². The van der Waals surface area contributed by atoms with E-state index in [0.29, 0.717) is 12.8 Å². The Kier molecular flexibility index (Phi) is 3.52. The van der Waals surface area contributed by atoms with Gasteiger partial charge in [-0.2, -0.15) is 0 Å². The van der Waals surface area contributed by atoms with E-state index in [2.05, 4.69) is 31.2 Å². The second-order valence-electron chi connectivity index (χ2n) is 5.99. The highest BCUT2D eigenvalue weighted by molar-refractivity contribution is 7.86. The van der Waals surface area contributed by atoms with Crippen molar-refractivity contribution in [1.29, 1.82) is 0 Å². The summed E-state index contributed by atoms with van der Waals surface area (Å²) in [5.41, 5.74) is 1.56. The Labute approximate surface area is 117 Å². The molecule has 19 heavy (non-hydrogen) atoms. The Bertz CT molecular complexity index is 464. The van der Waals surface area contributed by atoms with Crippen molar-refractivity contribution in [2.45, 2.75) is 61.5 Å². The zero-order valence-electron chi connectivity index (χ0n) is 11.5. The van der Waals surface area contributed by atoms with E-state index in [1.165, 1.54) is 12.0 Å². The quantitative estimate of drug-likeness (QED) is 0.903. The third kappa shape index (κ3) is 2.38. The zero-order valence-corrected chi connectivity index (χ0v) is 12.3. The first-order valence-corrected chi connectivity index (χ1v) is 8.61. The van der Waals surface area contributed by atoms with Crippen LogP contribution in [0.15, 0.2) is 24.3 Å². The van der Waals surface area contributed by atoms with E-state index in [9.17, 15) is 9.32 Å². The van der Waals surface area contributed by atoms with Crippen LogP contribution in [0, 0.1) is 0 Å². The van der Waals surface area contributed by atoms with Crippen molar-refractivity contribution in [2.75, 3.05) is 0 Å². The van der Waals surface area contributed by atoms with Crippen molar-refractivity contribution in [1.82, 2.24) is 0 Å². The second-order valence-corrected chi connectivity index (χ2v) is 7.98. The van der Waals surface area contributed by atoms with Crippen LogP contribution in [0.4, 0.5) is 0 Å². The number of fused-ring (bicyclic) bond motifs is 2. The van der Waals surface area contributed by atoms with Gasteiger partial charge in [-0.1, -0.05) is 37.6 Å². The highest BCUT2D eigenvalue weighted by Crippen LogP contribution is 2.44. The Morgan fingerprint density at radius 3 is 2.32 bits per heavy atom. The lowest BCUT2D eigenvalue weighted by Gasteiger charge is -2.43. The lowest BCUT2D eigenvalue weighted by Crippen LogP contribution is -2.47. The minimum Gasteiger partial charge on any atom is -0.385 e. The molecule has 0 aliphatic carbocycles. The summed E-state index contributed by atoms with van der Waals surface area (Å²) in [7, 11) is -0.722. The molecule has 1 N–H and O–H groups in total. The van der Waals surface area contributed by atoms with E-state index in [0.717, 1.165) is 24.8 Å². The minimum absolute atomic E-state index is 0.198. The summed E-state index contributed by atoms with van der Waals surface area (Å²) in [6.45, 7) is 2.14. The average molecular weight is 278 g/mol. The zero-order chi connectivity index (χ0) is 13.5. The molecule has 2 aliphatic rings. The maximum Gasteiger partial charge on any atom is 0.0919 e. The molecule has 2 nitrogen and oxygen atoms in total. The van der Waals surface area contributed by atoms with Gasteiger partial charge < -0.3 is 5.11 Å². The van der Waals surface area contributed by atoms with Gasteiger partial charge in [-0.15, -0.1) is 0 Å². The molecule has 0 spiro atoms. The molecule has 2 aliphatic heterocycles. The Balaban J connectivity index is 1.88. The predicted molar refractivity (Wildman–Crippen MR) is 78.5 cm³/mol. The van der Waals surface area contributed by atoms with E-state index in [4.69, 9.17) is 0 Å². The fourth-order valence-electron chi connectivity index (χ4n) is 3.57. The summed E-state index contributed by atoms with van der Waals surface area (Å²) in [6, 6.07) is 8.33. The largest absolute Gasteiger partial charge is 0.385 e. The van der Waals surface area contributed by atoms with Crippen LogP contribution in [0.25, 0.3) is 0 Å². The van der Waals surface area contributed by atoms with Crippen LogP contribution in [0.5, 0.6) is 0 Å². The maximum absolute atomic E-state index is 12.2. The number of rotatable bonds is 2. The lowest BCUT2D eigenvalue weighted by atomic mass is 9.80. The number of aryl methyl sites for hydroxylation is 1. The molecule has 0 amide bonds. The topological polar surface area (TPSA) is 37.3 Å². The smallest absolute Gasteiger partial charge is 0.0919 e. The van der Waals surface area contributed by atoms with Gasteiger partial charge in [0.1, 0.15) is 0 Å². The van der Waals surface area contributed by atoms with Crippen molar-refractivity contribution in [3.8, 4) is 0 Å². The van der Waals surface area contributed by atoms with Crippen LogP contribution < -0.4 is 0 Å². The number of aliphatic hydroxyl groups is 1. The van der Waals surface area contributed by atoms with Crippen molar-refractivity contribution in [3.05, 3.63) is 35.4 Å². The summed E-state index contributed by atoms with van der Waals surface area (Å²) in [5.74, 6) is 0. The normalized spacial score (nSPS) is 38.1. The molecule has 2 atom stereocenters. The SMILES string of the molecule is CCc1ccc(C2(O)CC3CCCC(C2)S3=O)cc1. The maximum atomic E-state index is 12.2. The van der Waals surface area contributed by atoms with Crippen molar-refractivity contribution >= 4 is 10.8 Å². The molecule has 0 saturated carbocycles. The Morgan fingerprint density at radius 1 is 1.21 bits per heavy atom. The van der Waals surface area contributed by atoms with Crippen LogP contribution in [-0.4, -0.2) is 19.8 Å². The van der Waals surface area contributed by atoms with E-state index >= 15 is 0 Å². The summed E-state index contributed by atoms with van der Waals surface area (Å²) < 4.78 is 12.2. The minimum atomic E-state index is -0.754. The predicted octanol–water partition coefficient (Wildman–Crippen LogP) is 2.90. The van der Waals surface area contributed by atoms with E-state index < -0.39 is 16.4 Å². The highest BCUT2D eigenvalue weighted by Gasteiger charge is 2.46. The first-order valence-electron chi connectivity index (χ1n) is 7.33.